The minimum atomic E-state index is -0.325. The number of aryl methyl sites for hydroxylation is 1. The Morgan fingerprint density at radius 3 is 2.59 bits per heavy atom. The van der Waals surface area contributed by atoms with Crippen LogP contribution in [0.3, 0.4) is 0 Å². The van der Waals surface area contributed by atoms with Crippen molar-refractivity contribution < 1.29 is 9.59 Å². The minimum Gasteiger partial charge on any atom is -0.336 e. The fraction of sp³-hybridized carbons (Fsp3) is 0.500. The fourth-order valence-corrected chi connectivity index (χ4v) is 2.66. The smallest absolute Gasteiger partial charge is 0.319 e. The lowest BCUT2D eigenvalue weighted by atomic mass is 10.1. The van der Waals surface area contributed by atoms with Gasteiger partial charge in [0.1, 0.15) is 0 Å². The number of carbonyl (C=O) groups is 2. The predicted molar refractivity (Wildman–Crippen MR) is 88.2 cm³/mol. The summed E-state index contributed by atoms with van der Waals surface area (Å²) in [7, 11) is 0. The van der Waals surface area contributed by atoms with Crippen LogP contribution in [0.1, 0.15) is 32.8 Å². The van der Waals surface area contributed by atoms with E-state index in [0.29, 0.717) is 23.7 Å². The van der Waals surface area contributed by atoms with Crippen LogP contribution in [0.4, 0.5) is 10.5 Å². The van der Waals surface area contributed by atoms with Gasteiger partial charge in [0.05, 0.1) is 6.04 Å². The number of nitrogens with one attached hydrogen (secondary N) is 2. The highest BCUT2D eigenvalue weighted by molar-refractivity contribution is 6.31. The molecule has 1 aromatic carbocycles. The molecule has 0 aliphatic carbocycles. The maximum absolute atomic E-state index is 12.0. The lowest BCUT2D eigenvalue weighted by Crippen LogP contribution is -2.45. The summed E-state index contributed by atoms with van der Waals surface area (Å²) in [4.78, 5) is 25.8. The molecule has 3 amide bonds. The summed E-state index contributed by atoms with van der Waals surface area (Å²) in [6.45, 7) is 8.40. The highest BCUT2D eigenvalue weighted by Gasteiger charge is 2.36. The van der Waals surface area contributed by atoms with Crippen LogP contribution >= 0.6 is 11.6 Å². The average molecular weight is 324 g/mol. The van der Waals surface area contributed by atoms with Crippen molar-refractivity contribution in [2.75, 3.05) is 11.9 Å². The molecule has 1 aromatic rings. The van der Waals surface area contributed by atoms with Crippen LogP contribution in [0.5, 0.6) is 0 Å². The van der Waals surface area contributed by atoms with Crippen LogP contribution in [0.2, 0.25) is 5.02 Å². The van der Waals surface area contributed by atoms with Gasteiger partial charge in [0.2, 0.25) is 5.91 Å². The SMILES string of the molecule is Cc1ccc(NC(=O)NC2CC(=O)N(C(C)(C)C)C2)cc1Cl. The molecule has 120 valence electrons. The maximum atomic E-state index is 12.0. The number of nitrogens with zero attached hydrogens (tertiary/aromatic N) is 1. The molecule has 1 unspecified atom stereocenters. The number of anilines is 1. The zero-order valence-electron chi connectivity index (χ0n) is 13.4. The van der Waals surface area contributed by atoms with Crippen molar-refractivity contribution in [3.8, 4) is 0 Å². The molecule has 2 rings (SSSR count). The first-order valence-electron chi connectivity index (χ1n) is 7.31. The molecule has 1 saturated heterocycles. The van der Waals surface area contributed by atoms with Crippen molar-refractivity contribution in [3.05, 3.63) is 28.8 Å². The van der Waals surface area contributed by atoms with Crippen molar-refractivity contribution in [1.29, 1.82) is 0 Å². The number of carbonyl (C=O) groups excluding carboxylic acids is 2. The molecule has 0 spiro atoms. The van der Waals surface area contributed by atoms with E-state index in [1.807, 2.05) is 33.8 Å². The van der Waals surface area contributed by atoms with Gasteiger partial charge >= 0.3 is 6.03 Å². The van der Waals surface area contributed by atoms with Gasteiger partial charge in [-0.3, -0.25) is 4.79 Å². The number of halogens is 1. The van der Waals surface area contributed by atoms with Gasteiger partial charge in [-0.25, -0.2) is 4.79 Å². The average Bonchev–Trinajstić information content (AvgIpc) is 2.74. The summed E-state index contributed by atoms with van der Waals surface area (Å²) in [5, 5.41) is 6.18. The van der Waals surface area contributed by atoms with Crippen LogP contribution in [0, 0.1) is 6.92 Å². The van der Waals surface area contributed by atoms with Gasteiger partial charge in [-0.2, -0.15) is 0 Å². The van der Waals surface area contributed by atoms with Gasteiger partial charge in [0, 0.05) is 29.2 Å². The Kier molecular flexibility index (Phi) is 4.66. The largest absolute Gasteiger partial charge is 0.336 e. The second-order valence-electron chi connectivity index (χ2n) is 6.64. The Morgan fingerprint density at radius 1 is 1.36 bits per heavy atom. The number of benzene rings is 1. The number of urea groups is 1. The summed E-state index contributed by atoms with van der Waals surface area (Å²) in [6.07, 6.45) is 0.333. The van der Waals surface area contributed by atoms with E-state index < -0.39 is 0 Å². The molecule has 2 N–H and O–H groups in total. The van der Waals surface area contributed by atoms with Crippen LogP contribution in [-0.4, -0.2) is 35.0 Å². The van der Waals surface area contributed by atoms with Crippen molar-refractivity contribution in [2.24, 2.45) is 0 Å². The second kappa shape index (κ2) is 6.16. The van der Waals surface area contributed by atoms with Crippen LogP contribution in [0.15, 0.2) is 18.2 Å². The Hall–Kier alpha value is -1.75. The molecule has 1 atom stereocenters. The van der Waals surface area contributed by atoms with Gasteiger partial charge < -0.3 is 15.5 Å². The van der Waals surface area contributed by atoms with E-state index in [0.717, 1.165) is 5.56 Å². The van der Waals surface area contributed by atoms with E-state index in [4.69, 9.17) is 11.6 Å². The minimum absolute atomic E-state index is 0.0659. The van der Waals surface area contributed by atoms with E-state index in [2.05, 4.69) is 10.6 Å². The Morgan fingerprint density at radius 2 is 2.05 bits per heavy atom. The van der Waals surface area contributed by atoms with Crippen molar-refractivity contribution in [3.63, 3.8) is 0 Å². The standard InChI is InChI=1S/C16H22ClN3O2/c1-10-5-6-11(7-13(10)17)18-15(22)19-12-8-14(21)20(9-12)16(2,3)4/h5-7,12H,8-9H2,1-4H3,(H2,18,19,22). The molecular weight excluding hydrogens is 302 g/mol. The molecule has 1 fully saturated rings. The van der Waals surface area contributed by atoms with Gasteiger partial charge in [-0.05, 0) is 45.4 Å². The number of amides is 3. The summed E-state index contributed by atoms with van der Waals surface area (Å²) < 4.78 is 0. The van der Waals surface area contributed by atoms with Gasteiger partial charge in [0.25, 0.3) is 0 Å². The van der Waals surface area contributed by atoms with E-state index in [1.54, 1.807) is 17.0 Å². The quantitative estimate of drug-likeness (QED) is 0.878. The monoisotopic (exact) mass is 323 g/mol. The third-order valence-electron chi connectivity index (χ3n) is 3.70. The molecular formula is C16H22ClN3O2. The van der Waals surface area contributed by atoms with Crippen LogP contribution < -0.4 is 10.6 Å². The summed E-state index contributed by atoms with van der Waals surface area (Å²) in [6, 6.07) is 4.85. The van der Waals surface area contributed by atoms with E-state index in [9.17, 15) is 9.59 Å². The molecule has 0 bridgehead atoms. The van der Waals surface area contributed by atoms with Crippen LogP contribution in [-0.2, 0) is 4.79 Å². The van der Waals surface area contributed by atoms with Crippen molar-refractivity contribution in [1.82, 2.24) is 10.2 Å². The maximum Gasteiger partial charge on any atom is 0.319 e. The normalized spacial score (nSPS) is 18.5. The molecule has 0 aromatic heterocycles. The van der Waals surface area contributed by atoms with E-state index >= 15 is 0 Å². The highest BCUT2D eigenvalue weighted by Crippen LogP contribution is 2.22. The summed E-state index contributed by atoms with van der Waals surface area (Å²) in [5.41, 5.74) is 1.36. The molecule has 0 radical (unpaired) electrons. The van der Waals surface area contributed by atoms with Crippen molar-refractivity contribution in [2.45, 2.75) is 45.7 Å². The molecule has 6 heteroatoms. The first-order chi connectivity index (χ1) is 10.2. The topological polar surface area (TPSA) is 61.4 Å². The van der Waals surface area contributed by atoms with Gasteiger partial charge in [0.15, 0.2) is 0 Å². The second-order valence-corrected chi connectivity index (χ2v) is 7.05. The van der Waals surface area contributed by atoms with Crippen molar-refractivity contribution >= 4 is 29.2 Å². The molecule has 22 heavy (non-hydrogen) atoms. The lowest BCUT2D eigenvalue weighted by molar-refractivity contribution is -0.131. The number of likely N-dealkylation sites (tertiary alicyclic amines) is 1. The Balaban J connectivity index is 1.93. The first-order valence-corrected chi connectivity index (χ1v) is 7.69. The molecule has 5 nitrogen and oxygen atoms in total. The molecule has 0 saturated carbocycles. The molecule has 1 heterocycles. The zero-order valence-corrected chi connectivity index (χ0v) is 14.1. The highest BCUT2D eigenvalue weighted by atomic mass is 35.5. The van der Waals surface area contributed by atoms with E-state index in [-0.39, 0.29) is 23.5 Å². The predicted octanol–water partition coefficient (Wildman–Crippen LogP) is 3.17. The van der Waals surface area contributed by atoms with Gasteiger partial charge in [-0.1, -0.05) is 17.7 Å². The third kappa shape index (κ3) is 3.91. The lowest BCUT2D eigenvalue weighted by Gasteiger charge is -2.32. The number of hydrogen-bond acceptors (Lipinski definition) is 2. The Bertz CT molecular complexity index is 596. The number of hydrogen-bond donors (Lipinski definition) is 2. The van der Waals surface area contributed by atoms with Gasteiger partial charge in [-0.15, -0.1) is 0 Å². The number of rotatable bonds is 2. The van der Waals surface area contributed by atoms with E-state index in [1.165, 1.54) is 0 Å². The summed E-state index contributed by atoms with van der Waals surface area (Å²) in [5.74, 6) is 0.0659. The summed E-state index contributed by atoms with van der Waals surface area (Å²) >= 11 is 6.03. The third-order valence-corrected chi connectivity index (χ3v) is 4.11. The molecule has 1 aliphatic rings. The Labute approximate surface area is 136 Å². The zero-order chi connectivity index (χ0) is 16.5. The molecule has 1 aliphatic heterocycles. The van der Waals surface area contributed by atoms with Crippen LogP contribution in [0.25, 0.3) is 0 Å². The first kappa shape index (κ1) is 16.6. The fourth-order valence-electron chi connectivity index (χ4n) is 2.48.